The lowest BCUT2D eigenvalue weighted by molar-refractivity contribution is 0.476. The number of aryl methyl sites for hydroxylation is 1. The van der Waals surface area contributed by atoms with Gasteiger partial charge in [0.1, 0.15) is 5.75 Å². The zero-order valence-corrected chi connectivity index (χ0v) is 28.0. The Morgan fingerprint density at radius 3 is 1.96 bits per heavy atom. The maximum Gasteiger partial charge on any atom is 0.125 e. The molecule has 0 spiro atoms. The first kappa shape index (κ1) is 30.3. The molecule has 0 aliphatic rings. The van der Waals surface area contributed by atoms with Gasteiger partial charge in [0.15, 0.2) is 0 Å². The van der Waals surface area contributed by atoms with Crippen LogP contribution in [0.4, 0.5) is 0 Å². The van der Waals surface area contributed by atoms with E-state index in [0.717, 1.165) is 61.7 Å². The molecule has 0 atom stereocenters. The molecule has 242 valence electrons. The van der Waals surface area contributed by atoms with Gasteiger partial charge in [-0.15, -0.1) is 0 Å². The largest absolute Gasteiger partial charge is 0.507 e. The predicted molar refractivity (Wildman–Crippen MR) is 210 cm³/mol. The van der Waals surface area contributed by atoms with Crippen LogP contribution in [-0.4, -0.2) is 19.6 Å². The van der Waals surface area contributed by atoms with Crippen molar-refractivity contribution in [3.8, 4) is 67.5 Å². The number of phenolic OH excluding ortho intramolecular Hbond substituents is 1. The van der Waals surface area contributed by atoms with Crippen molar-refractivity contribution < 1.29 is 5.11 Å². The molecule has 4 nitrogen and oxygen atoms in total. The number of aromatic nitrogens is 3. The van der Waals surface area contributed by atoms with E-state index in [-0.39, 0.29) is 5.75 Å². The molecule has 0 amide bonds. The van der Waals surface area contributed by atoms with Crippen molar-refractivity contribution in [3.63, 3.8) is 0 Å². The summed E-state index contributed by atoms with van der Waals surface area (Å²) in [5.74, 6) is 0.217. The van der Waals surface area contributed by atoms with Gasteiger partial charge in [-0.05, 0) is 89.8 Å². The molecule has 3 aromatic heterocycles. The van der Waals surface area contributed by atoms with Crippen LogP contribution in [0.3, 0.4) is 0 Å². The summed E-state index contributed by atoms with van der Waals surface area (Å²) in [5.41, 5.74) is 13.9. The average molecular weight is 656 g/mol. The van der Waals surface area contributed by atoms with Gasteiger partial charge in [-0.3, -0.25) is 4.98 Å². The van der Waals surface area contributed by atoms with Crippen molar-refractivity contribution in [2.24, 2.45) is 0 Å². The average Bonchev–Trinajstić information content (AvgIpc) is 3.53. The van der Waals surface area contributed by atoms with Gasteiger partial charge in [0, 0.05) is 44.9 Å². The van der Waals surface area contributed by atoms with Crippen molar-refractivity contribution in [1.29, 1.82) is 0 Å². The maximum absolute atomic E-state index is 10.9. The van der Waals surface area contributed by atoms with Crippen molar-refractivity contribution in [1.82, 2.24) is 14.5 Å². The summed E-state index contributed by atoms with van der Waals surface area (Å²) < 4.78 is 2.37. The molecule has 0 aliphatic heterocycles. The van der Waals surface area contributed by atoms with Crippen molar-refractivity contribution in [2.75, 3.05) is 0 Å². The standard InChI is InChI=1S/C47H33N3O/c1-31-22-23-41(46(51)26-31)44-30-36(32-12-4-2-5-13-32)29-43(49-44)35-15-10-14-34(27-35)42-28-33(24-25-48-42)38-19-11-20-40-39-18-8-9-21-45(39)50(47(38)40)37-16-6-3-7-17-37/h2-30,51H,1H3. The Morgan fingerprint density at radius 2 is 1.14 bits per heavy atom. The fourth-order valence-corrected chi connectivity index (χ4v) is 7.16. The van der Waals surface area contributed by atoms with E-state index in [4.69, 9.17) is 9.97 Å². The first-order valence-electron chi connectivity index (χ1n) is 17.1. The number of para-hydroxylation sites is 3. The summed E-state index contributed by atoms with van der Waals surface area (Å²) in [4.78, 5) is 9.96. The number of hydrogen-bond acceptors (Lipinski definition) is 3. The van der Waals surface area contributed by atoms with Crippen LogP contribution in [0, 0.1) is 6.92 Å². The van der Waals surface area contributed by atoms with Gasteiger partial charge in [0.25, 0.3) is 0 Å². The summed E-state index contributed by atoms with van der Waals surface area (Å²) in [6.45, 7) is 1.97. The Labute approximate surface area is 296 Å². The van der Waals surface area contributed by atoms with Gasteiger partial charge in [-0.25, -0.2) is 4.98 Å². The molecule has 0 bridgehead atoms. The minimum atomic E-state index is 0.217. The molecule has 4 heteroatoms. The van der Waals surface area contributed by atoms with Crippen LogP contribution >= 0.6 is 0 Å². The summed E-state index contributed by atoms with van der Waals surface area (Å²) in [5, 5.41) is 13.4. The highest BCUT2D eigenvalue weighted by Gasteiger charge is 2.17. The van der Waals surface area contributed by atoms with Gasteiger partial charge in [-0.2, -0.15) is 0 Å². The molecular formula is C47H33N3O. The minimum absolute atomic E-state index is 0.217. The quantitative estimate of drug-likeness (QED) is 0.194. The Morgan fingerprint density at radius 1 is 0.471 bits per heavy atom. The lowest BCUT2D eigenvalue weighted by Gasteiger charge is -2.13. The van der Waals surface area contributed by atoms with Crippen molar-refractivity contribution in [3.05, 3.63) is 182 Å². The Kier molecular flexibility index (Phi) is 7.48. The van der Waals surface area contributed by atoms with Crippen LogP contribution in [0.2, 0.25) is 0 Å². The number of pyridine rings is 2. The smallest absolute Gasteiger partial charge is 0.125 e. The molecule has 51 heavy (non-hydrogen) atoms. The molecule has 9 aromatic rings. The lowest BCUT2D eigenvalue weighted by Crippen LogP contribution is -1.95. The topological polar surface area (TPSA) is 50.9 Å². The van der Waals surface area contributed by atoms with Crippen LogP contribution < -0.4 is 0 Å². The number of aromatic hydroxyl groups is 1. The van der Waals surface area contributed by atoms with Gasteiger partial charge >= 0.3 is 0 Å². The molecule has 0 aliphatic carbocycles. The number of fused-ring (bicyclic) bond motifs is 3. The molecule has 0 fully saturated rings. The zero-order chi connectivity index (χ0) is 34.3. The minimum Gasteiger partial charge on any atom is -0.507 e. The third kappa shape index (κ3) is 5.53. The molecule has 6 aromatic carbocycles. The second-order valence-corrected chi connectivity index (χ2v) is 12.9. The van der Waals surface area contributed by atoms with E-state index in [2.05, 4.69) is 132 Å². The molecular weight excluding hydrogens is 623 g/mol. The second-order valence-electron chi connectivity index (χ2n) is 12.9. The lowest BCUT2D eigenvalue weighted by atomic mass is 9.97. The van der Waals surface area contributed by atoms with Gasteiger partial charge in [-0.1, -0.05) is 109 Å². The molecule has 0 saturated carbocycles. The van der Waals surface area contributed by atoms with Gasteiger partial charge in [0.2, 0.25) is 0 Å². The van der Waals surface area contributed by atoms with E-state index < -0.39 is 0 Å². The summed E-state index contributed by atoms with van der Waals surface area (Å²) >= 11 is 0. The highest BCUT2D eigenvalue weighted by atomic mass is 16.3. The van der Waals surface area contributed by atoms with E-state index >= 15 is 0 Å². The number of nitrogens with zero attached hydrogens (tertiary/aromatic N) is 3. The van der Waals surface area contributed by atoms with Crippen LogP contribution in [0.1, 0.15) is 5.56 Å². The monoisotopic (exact) mass is 655 g/mol. The van der Waals surface area contributed by atoms with Crippen molar-refractivity contribution >= 4 is 21.8 Å². The third-order valence-electron chi connectivity index (χ3n) is 9.60. The summed E-state index contributed by atoms with van der Waals surface area (Å²) in [6.07, 6.45) is 1.90. The normalized spacial score (nSPS) is 11.3. The maximum atomic E-state index is 10.9. The summed E-state index contributed by atoms with van der Waals surface area (Å²) in [7, 11) is 0. The van der Waals surface area contributed by atoms with E-state index in [1.807, 2.05) is 49.5 Å². The third-order valence-corrected chi connectivity index (χ3v) is 9.60. The second kappa shape index (κ2) is 12.6. The van der Waals surface area contributed by atoms with E-state index in [1.165, 1.54) is 21.8 Å². The zero-order valence-electron chi connectivity index (χ0n) is 28.0. The molecule has 0 unspecified atom stereocenters. The van der Waals surface area contributed by atoms with Crippen LogP contribution in [0.5, 0.6) is 5.75 Å². The highest BCUT2D eigenvalue weighted by Crippen LogP contribution is 2.39. The predicted octanol–water partition coefficient (Wildman–Crippen LogP) is 11.9. The van der Waals surface area contributed by atoms with E-state index in [0.29, 0.717) is 5.56 Å². The highest BCUT2D eigenvalue weighted by molar-refractivity contribution is 6.13. The fraction of sp³-hybridized carbons (Fsp3) is 0.0213. The molecule has 0 radical (unpaired) electrons. The number of hydrogen-bond donors (Lipinski definition) is 1. The van der Waals surface area contributed by atoms with Gasteiger partial charge in [0.05, 0.1) is 28.1 Å². The number of rotatable bonds is 6. The van der Waals surface area contributed by atoms with Crippen LogP contribution in [0.15, 0.2) is 176 Å². The van der Waals surface area contributed by atoms with Crippen molar-refractivity contribution in [2.45, 2.75) is 6.92 Å². The molecule has 9 rings (SSSR count). The van der Waals surface area contributed by atoms with E-state index in [1.54, 1.807) is 6.07 Å². The number of phenols is 1. The Bertz CT molecular complexity index is 2710. The summed E-state index contributed by atoms with van der Waals surface area (Å²) in [6, 6.07) is 58.6. The van der Waals surface area contributed by atoms with E-state index in [9.17, 15) is 5.11 Å². The molecule has 1 N–H and O–H groups in total. The Balaban J connectivity index is 1.17. The number of benzene rings is 6. The first-order chi connectivity index (χ1) is 25.1. The Hall–Kier alpha value is -6.78. The fourth-order valence-electron chi connectivity index (χ4n) is 7.16. The van der Waals surface area contributed by atoms with Crippen LogP contribution in [-0.2, 0) is 0 Å². The first-order valence-corrected chi connectivity index (χ1v) is 17.1. The SMILES string of the molecule is Cc1ccc(-c2cc(-c3ccccc3)cc(-c3cccc(-c4cc(-c5cccc6c7ccccc7n(-c7ccccc7)c56)ccn4)c3)n2)c(O)c1. The van der Waals surface area contributed by atoms with Crippen LogP contribution in [0.25, 0.3) is 83.5 Å². The van der Waals surface area contributed by atoms with Gasteiger partial charge < -0.3 is 9.67 Å². The molecule has 0 saturated heterocycles. The molecule has 3 heterocycles.